The fraction of sp³-hybridized carbons (Fsp3) is 0.200. The molecule has 18 heavy (non-hydrogen) atoms. The number of methoxy groups -OCH3 is 1. The van der Waals surface area contributed by atoms with Gasteiger partial charge in [-0.25, -0.2) is 9.78 Å². The van der Waals surface area contributed by atoms with Crippen LogP contribution in [-0.4, -0.2) is 28.3 Å². The fourth-order valence-electron chi connectivity index (χ4n) is 1.20. The summed E-state index contributed by atoms with van der Waals surface area (Å²) in [6, 6.07) is 1.52. The predicted octanol–water partition coefficient (Wildman–Crippen LogP) is 1.29. The number of nitrogen functional groups attached to an aromatic ring is 1. The van der Waals surface area contributed by atoms with E-state index in [4.69, 9.17) is 10.2 Å². The topological polar surface area (TPSA) is 104 Å². The van der Waals surface area contributed by atoms with Crippen LogP contribution in [0.1, 0.15) is 16.2 Å². The van der Waals surface area contributed by atoms with E-state index >= 15 is 0 Å². The van der Waals surface area contributed by atoms with E-state index in [1.165, 1.54) is 19.4 Å². The molecule has 0 saturated carbocycles. The van der Waals surface area contributed by atoms with E-state index in [-0.39, 0.29) is 11.3 Å². The van der Waals surface area contributed by atoms with Crippen molar-refractivity contribution in [2.45, 2.75) is 17.2 Å². The summed E-state index contributed by atoms with van der Waals surface area (Å²) < 4.78 is 9.82. The highest BCUT2D eigenvalue weighted by Gasteiger charge is 2.13. The van der Waals surface area contributed by atoms with E-state index in [9.17, 15) is 4.79 Å². The number of hydrogen-bond acceptors (Lipinski definition) is 8. The summed E-state index contributed by atoms with van der Waals surface area (Å²) in [5, 5.41) is 8.38. The Bertz CT molecular complexity index is 584. The first-order valence-corrected chi connectivity index (χ1v) is 5.73. The third kappa shape index (κ3) is 2.59. The van der Waals surface area contributed by atoms with Gasteiger partial charge in [0.15, 0.2) is 0 Å². The molecule has 0 aromatic carbocycles. The highest BCUT2D eigenvalue weighted by atomic mass is 32.2. The van der Waals surface area contributed by atoms with Crippen molar-refractivity contribution in [2.24, 2.45) is 0 Å². The Labute approximate surface area is 107 Å². The van der Waals surface area contributed by atoms with Crippen LogP contribution in [0.2, 0.25) is 0 Å². The van der Waals surface area contributed by atoms with Gasteiger partial charge in [-0.15, -0.1) is 10.2 Å². The van der Waals surface area contributed by atoms with Crippen LogP contribution in [-0.2, 0) is 4.74 Å². The highest BCUT2D eigenvalue weighted by Crippen LogP contribution is 2.26. The average Bonchev–Trinajstić information content (AvgIpc) is 2.76. The summed E-state index contributed by atoms with van der Waals surface area (Å²) in [5.74, 6) is -0.0559. The number of esters is 1. The maximum absolute atomic E-state index is 11.5. The number of carbonyl (C=O) groups excluding carboxylic acids is 1. The standard InChI is InChI=1S/C10H10N4O3S/c1-5-13-14-10(17-5)18-8-3-6(9(15)16-2)7(11)4-12-8/h3-4H,11H2,1-2H3. The predicted molar refractivity (Wildman–Crippen MR) is 63.1 cm³/mol. The SMILES string of the molecule is COC(=O)c1cc(Sc2nnc(C)o2)ncc1N. The second-order valence-electron chi connectivity index (χ2n) is 3.29. The van der Waals surface area contributed by atoms with E-state index in [1.807, 2.05) is 0 Å². The zero-order chi connectivity index (χ0) is 13.1. The number of nitrogens with zero attached hydrogens (tertiary/aromatic N) is 3. The molecule has 8 heteroatoms. The Kier molecular flexibility index (Phi) is 3.47. The summed E-state index contributed by atoms with van der Waals surface area (Å²) in [6.07, 6.45) is 1.39. The lowest BCUT2D eigenvalue weighted by Crippen LogP contribution is -2.06. The minimum atomic E-state index is -0.515. The largest absolute Gasteiger partial charge is 0.465 e. The summed E-state index contributed by atoms with van der Waals surface area (Å²) in [6.45, 7) is 1.69. The van der Waals surface area contributed by atoms with Gasteiger partial charge in [0.05, 0.1) is 24.6 Å². The van der Waals surface area contributed by atoms with Crippen molar-refractivity contribution >= 4 is 23.4 Å². The molecule has 0 bridgehead atoms. The molecule has 0 fully saturated rings. The second kappa shape index (κ2) is 5.05. The Hall–Kier alpha value is -2.09. The quantitative estimate of drug-likeness (QED) is 0.829. The third-order valence-electron chi connectivity index (χ3n) is 2.01. The summed E-state index contributed by atoms with van der Waals surface area (Å²) in [5.41, 5.74) is 6.15. The minimum Gasteiger partial charge on any atom is -0.465 e. The van der Waals surface area contributed by atoms with Crippen LogP contribution in [0.4, 0.5) is 5.69 Å². The molecular formula is C10H10N4O3S. The molecule has 2 N–H and O–H groups in total. The maximum Gasteiger partial charge on any atom is 0.340 e. The average molecular weight is 266 g/mol. The van der Waals surface area contributed by atoms with Gasteiger partial charge < -0.3 is 14.9 Å². The van der Waals surface area contributed by atoms with Crippen molar-refractivity contribution in [1.29, 1.82) is 0 Å². The molecular weight excluding hydrogens is 256 g/mol. The number of carbonyl (C=O) groups is 1. The lowest BCUT2D eigenvalue weighted by molar-refractivity contribution is 0.0601. The molecule has 0 aliphatic carbocycles. The van der Waals surface area contributed by atoms with Gasteiger partial charge in [-0.3, -0.25) is 0 Å². The number of nitrogens with two attached hydrogens (primary N) is 1. The van der Waals surface area contributed by atoms with Crippen LogP contribution in [0.5, 0.6) is 0 Å². The van der Waals surface area contributed by atoms with Crippen LogP contribution < -0.4 is 5.73 Å². The molecule has 2 heterocycles. The van der Waals surface area contributed by atoms with E-state index in [0.29, 0.717) is 16.1 Å². The molecule has 0 unspecified atom stereocenters. The van der Waals surface area contributed by atoms with Gasteiger partial charge in [0.25, 0.3) is 5.22 Å². The Morgan fingerprint density at radius 1 is 1.50 bits per heavy atom. The molecule has 2 rings (SSSR count). The molecule has 0 atom stereocenters. The van der Waals surface area contributed by atoms with Crippen LogP contribution in [0.15, 0.2) is 26.9 Å². The van der Waals surface area contributed by atoms with Crippen molar-refractivity contribution in [1.82, 2.24) is 15.2 Å². The molecule has 0 amide bonds. The maximum atomic E-state index is 11.5. The second-order valence-corrected chi connectivity index (χ2v) is 4.26. The number of aryl methyl sites for hydroxylation is 1. The van der Waals surface area contributed by atoms with Gasteiger partial charge in [0.2, 0.25) is 5.89 Å². The van der Waals surface area contributed by atoms with Gasteiger partial charge in [-0.05, 0) is 17.8 Å². The van der Waals surface area contributed by atoms with E-state index in [1.54, 1.807) is 6.92 Å². The molecule has 2 aromatic rings. The zero-order valence-corrected chi connectivity index (χ0v) is 10.5. The van der Waals surface area contributed by atoms with Crippen molar-refractivity contribution < 1.29 is 13.9 Å². The van der Waals surface area contributed by atoms with Gasteiger partial charge in [-0.1, -0.05) is 0 Å². The smallest absolute Gasteiger partial charge is 0.340 e. The lowest BCUT2D eigenvalue weighted by Gasteiger charge is -2.04. The van der Waals surface area contributed by atoms with Crippen LogP contribution in [0.3, 0.4) is 0 Å². The number of pyridine rings is 1. The van der Waals surface area contributed by atoms with Crippen molar-refractivity contribution in [2.75, 3.05) is 12.8 Å². The lowest BCUT2D eigenvalue weighted by atomic mass is 10.2. The Balaban J connectivity index is 2.27. The summed E-state index contributed by atoms with van der Waals surface area (Å²) in [4.78, 5) is 15.5. The molecule has 2 aromatic heterocycles. The minimum absolute atomic E-state index is 0.256. The summed E-state index contributed by atoms with van der Waals surface area (Å²) in [7, 11) is 1.29. The van der Waals surface area contributed by atoms with Crippen molar-refractivity contribution in [3.63, 3.8) is 0 Å². The molecule has 0 saturated heterocycles. The van der Waals surface area contributed by atoms with Crippen molar-refractivity contribution in [3.8, 4) is 0 Å². The van der Waals surface area contributed by atoms with Gasteiger partial charge >= 0.3 is 5.97 Å². The first-order valence-electron chi connectivity index (χ1n) is 4.92. The summed E-state index contributed by atoms with van der Waals surface area (Å²) >= 11 is 1.14. The number of aromatic nitrogens is 3. The molecule has 0 aliphatic heterocycles. The van der Waals surface area contributed by atoms with Crippen molar-refractivity contribution in [3.05, 3.63) is 23.7 Å². The third-order valence-corrected chi connectivity index (χ3v) is 2.79. The number of ether oxygens (including phenoxy) is 1. The van der Waals surface area contributed by atoms with E-state index in [0.717, 1.165) is 11.8 Å². The first kappa shape index (κ1) is 12.4. The van der Waals surface area contributed by atoms with Gasteiger partial charge in [-0.2, -0.15) is 0 Å². The van der Waals surface area contributed by atoms with Crippen LogP contribution in [0, 0.1) is 6.92 Å². The Morgan fingerprint density at radius 3 is 2.89 bits per heavy atom. The number of rotatable bonds is 3. The fourth-order valence-corrected chi connectivity index (χ4v) is 1.90. The number of anilines is 1. The van der Waals surface area contributed by atoms with Crippen LogP contribution >= 0.6 is 11.8 Å². The van der Waals surface area contributed by atoms with E-state index < -0.39 is 5.97 Å². The normalized spacial score (nSPS) is 10.3. The molecule has 94 valence electrons. The van der Waals surface area contributed by atoms with E-state index in [2.05, 4.69) is 19.9 Å². The first-order chi connectivity index (χ1) is 8.60. The monoisotopic (exact) mass is 266 g/mol. The Morgan fingerprint density at radius 2 is 2.28 bits per heavy atom. The van der Waals surface area contributed by atoms with Crippen LogP contribution in [0.25, 0.3) is 0 Å². The molecule has 7 nitrogen and oxygen atoms in total. The van der Waals surface area contributed by atoms with Gasteiger partial charge in [0.1, 0.15) is 5.03 Å². The molecule has 0 radical (unpaired) electrons. The zero-order valence-electron chi connectivity index (χ0n) is 9.71. The molecule has 0 spiro atoms. The highest BCUT2D eigenvalue weighted by molar-refractivity contribution is 7.99. The number of hydrogen-bond donors (Lipinski definition) is 1. The van der Waals surface area contributed by atoms with Gasteiger partial charge in [0, 0.05) is 6.92 Å². The molecule has 0 aliphatic rings.